The van der Waals surface area contributed by atoms with Gasteiger partial charge in [0.1, 0.15) is 23.2 Å². The number of nitrogens with zero attached hydrogens (tertiary/aromatic N) is 4. The molecule has 2 saturated heterocycles. The molecule has 6 rings (SSSR count). The number of ether oxygens (including phenoxy) is 1. The third-order valence-corrected chi connectivity index (χ3v) is 8.85. The van der Waals surface area contributed by atoms with Crippen LogP contribution < -0.4 is 10.1 Å². The van der Waals surface area contributed by atoms with Crippen molar-refractivity contribution in [2.75, 3.05) is 0 Å². The average molecular weight is 519 g/mol. The van der Waals surface area contributed by atoms with Crippen LogP contribution in [0, 0.1) is 0 Å². The smallest absolute Gasteiger partial charge is 0.328 e. The van der Waals surface area contributed by atoms with Crippen LogP contribution in [0.5, 0.6) is 5.75 Å². The van der Waals surface area contributed by atoms with Gasteiger partial charge in [0.25, 0.3) is 0 Å². The third-order valence-electron chi connectivity index (χ3n) is 7.28. The van der Waals surface area contributed by atoms with E-state index >= 15 is 0 Å². The number of aromatic amines is 1. The number of rotatable bonds is 6. The molecule has 0 spiro atoms. The van der Waals surface area contributed by atoms with E-state index in [1.807, 2.05) is 32.0 Å². The van der Waals surface area contributed by atoms with Gasteiger partial charge in [-0.3, -0.25) is 14.4 Å². The predicted molar refractivity (Wildman–Crippen MR) is 134 cm³/mol. The first-order chi connectivity index (χ1) is 17.8. The van der Waals surface area contributed by atoms with Crippen LogP contribution in [0.2, 0.25) is 0 Å². The Balaban J connectivity index is 1.22. The summed E-state index contributed by atoms with van der Waals surface area (Å²) in [5.41, 5.74) is 2.94. The second-order valence-corrected chi connectivity index (χ2v) is 11.9. The fourth-order valence-corrected chi connectivity index (χ4v) is 7.17. The highest BCUT2D eigenvalue weighted by molar-refractivity contribution is 8.01. The van der Waals surface area contributed by atoms with E-state index in [0.717, 1.165) is 19.3 Å². The SMILES string of the molecule is CC1(C)S[C@@H]2C(NC(=O)C(C(=O)Oc3ccc4c(c3)CCC4)c3ccccc3)C(=O)N2C1c1nnn[nH]1. The first kappa shape index (κ1) is 23.7. The Morgan fingerprint density at radius 3 is 2.70 bits per heavy atom. The number of esters is 1. The van der Waals surface area contributed by atoms with Gasteiger partial charge in [-0.25, -0.2) is 5.10 Å². The number of nitrogens with one attached hydrogen (secondary N) is 2. The molecule has 2 fully saturated rings. The maximum atomic E-state index is 13.5. The summed E-state index contributed by atoms with van der Waals surface area (Å²) in [6.45, 7) is 4.02. The maximum absolute atomic E-state index is 13.5. The van der Waals surface area contributed by atoms with Gasteiger partial charge in [0.05, 0.1) is 0 Å². The summed E-state index contributed by atoms with van der Waals surface area (Å²) < 4.78 is 5.31. The Bertz CT molecular complexity index is 1360. The Labute approximate surface area is 217 Å². The lowest BCUT2D eigenvalue weighted by atomic mass is 9.94. The number of aryl methyl sites for hydroxylation is 2. The summed E-state index contributed by atoms with van der Waals surface area (Å²) in [5, 5.41) is 16.6. The highest BCUT2D eigenvalue weighted by Crippen LogP contribution is 2.56. The zero-order valence-electron chi connectivity index (χ0n) is 20.4. The second-order valence-electron chi connectivity index (χ2n) is 10.1. The largest absolute Gasteiger partial charge is 0.426 e. The van der Waals surface area contributed by atoms with Crippen LogP contribution in [0.4, 0.5) is 0 Å². The van der Waals surface area contributed by atoms with Gasteiger partial charge in [-0.1, -0.05) is 36.4 Å². The standard InChI is InChI=1S/C26H26N6O4S/c1-26(2)20(21-28-30-31-29-21)32-23(34)19(24(32)37-26)27-22(33)18(15-7-4-3-5-8-15)25(35)36-17-12-11-14-9-6-10-16(14)13-17/h3-5,7-8,11-13,18-20,24H,6,9-10H2,1-2H3,(H,27,33)(H,28,29,30,31)/t18?,19?,20?,24-/m1/s1. The van der Waals surface area contributed by atoms with Gasteiger partial charge >= 0.3 is 5.97 Å². The Morgan fingerprint density at radius 1 is 1.16 bits per heavy atom. The van der Waals surface area contributed by atoms with Gasteiger partial charge in [-0.2, -0.15) is 0 Å². The summed E-state index contributed by atoms with van der Waals surface area (Å²) in [6, 6.07) is 13.3. The molecule has 2 aromatic carbocycles. The van der Waals surface area contributed by atoms with Crippen LogP contribution in [0.3, 0.4) is 0 Å². The summed E-state index contributed by atoms with van der Waals surface area (Å²) in [5.74, 6) is -1.80. The topological polar surface area (TPSA) is 130 Å². The zero-order chi connectivity index (χ0) is 25.7. The van der Waals surface area contributed by atoms with E-state index in [4.69, 9.17) is 4.74 Å². The summed E-state index contributed by atoms with van der Waals surface area (Å²) >= 11 is 1.57. The van der Waals surface area contributed by atoms with Crippen molar-refractivity contribution in [1.29, 1.82) is 0 Å². The minimum atomic E-state index is -1.22. The van der Waals surface area contributed by atoms with Gasteiger partial charge in [0.15, 0.2) is 11.7 Å². The van der Waals surface area contributed by atoms with Gasteiger partial charge in [-0.15, -0.1) is 16.9 Å². The van der Waals surface area contributed by atoms with E-state index in [9.17, 15) is 14.4 Å². The van der Waals surface area contributed by atoms with Crippen LogP contribution in [-0.4, -0.2) is 59.5 Å². The third kappa shape index (κ3) is 4.07. The number of H-pyrrole nitrogens is 1. The first-order valence-electron chi connectivity index (χ1n) is 12.3. The molecule has 0 bridgehead atoms. The molecule has 1 aliphatic carbocycles. The molecule has 3 aromatic rings. The van der Waals surface area contributed by atoms with Crippen molar-refractivity contribution < 1.29 is 19.1 Å². The molecular weight excluding hydrogens is 492 g/mol. The van der Waals surface area contributed by atoms with E-state index in [2.05, 4.69) is 25.9 Å². The van der Waals surface area contributed by atoms with Gasteiger partial charge in [0.2, 0.25) is 11.8 Å². The molecule has 3 unspecified atom stereocenters. The number of hydrogen-bond acceptors (Lipinski definition) is 8. The Morgan fingerprint density at radius 2 is 1.95 bits per heavy atom. The summed E-state index contributed by atoms with van der Waals surface area (Å²) in [4.78, 5) is 41.8. The molecule has 2 N–H and O–H groups in total. The van der Waals surface area contributed by atoms with E-state index in [1.165, 1.54) is 11.1 Å². The number of carbonyl (C=O) groups is 3. The molecule has 2 aliphatic heterocycles. The van der Waals surface area contributed by atoms with E-state index in [1.54, 1.807) is 47.0 Å². The second kappa shape index (κ2) is 8.98. The van der Waals surface area contributed by atoms with Crippen LogP contribution in [-0.2, 0) is 27.2 Å². The minimum absolute atomic E-state index is 0.239. The van der Waals surface area contributed by atoms with E-state index < -0.39 is 23.8 Å². The average Bonchev–Trinajstić information content (AvgIpc) is 3.61. The number of amides is 2. The molecule has 2 amide bonds. The molecule has 37 heavy (non-hydrogen) atoms. The Hall–Kier alpha value is -3.73. The molecule has 3 heterocycles. The fraction of sp³-hybridized carbons (Fsp3) is 0.385. The zero-order valence-corrected chi connectivity index (χ0v) is 21.2. The van der Waals surface area contributed by atoms with Crippen LogP contribution in [0.15, 0.2) is 48.5 Å². The molecule has 11 heteroatoms. The number of thioether (sulfide) groups is 1. The summed E-state index contributed by atoms with van der Waals surface area (Å²) in [6.07, 6.45) is 3.05. The van der Waals surface area contributed by atoms with Crippen molar-refractivity contribution >= 4 is 29.5 Å². The van der Waals surface area contributed by atoms with E-state index in [0.29, 0.717) is 17.1 Å². The monoisotopic (exact) mass is 518 g/mol. The molecular formula is C26H26N6O4S. The predicted octanol–water partition coefficient (Wildman–Crippen LogP) is 2.30. The lowest BCUT2D eigenvalue weighted by Gasteiger charge is -2.44. The normalized spacial score (nSPS) is 24.1. The molecule has 1 aromatic heterocycles. The van der Waals surface area contributed by atoms with Gasteiger partial charge in [-0.05, 0) is 72.4 Å². The quantitative estimate of drug-likeness (QED) is 0.220. The lowest BCUT2D eigenvalue weighted by molar-refractivity contribution is -0.153. The number of tetrazole rings is 1. The number of benzene rings is 2. The van der Waals surface area contributed by atoms with E-state index in [-0.39, 0.29) is 22.1 Å². The number of fused-ring (bicyclic) bond motifs is 2. The van der Waals surface area contributed by atoms with Crippen molar-refractivity contribution in [3.63, 3.8) is 0 Å². The number of aromatic nitrogens is 4. The molecule has 4 atom stereocenters. The molecule has 10 nitrogen and oxygen atoms in total. The Kier molecular flexibility index (Phi) is 5.74. The van der Waals surface area contributed by atoms with Gasteiger partial charge < -0.3 is 15.0 Å². The van der Waals surface area contributed by atoms with Crippen molar-refractivity contribution in [2.24, 2.45) is 0 Å². The number of carbonyl (C=O) groups excluding carboxylic acids is 3. The van der Waals surface area contributed by atoms with Gasteiger partial charge in [0, 0.05) is 4.75 Å². The molecule has 190 valence electrons. The van der Waals surface area contributed by atoms with Crippen molar-refractivity contribution in [2.45, 2.75) is 61.2 Å². The van der Waals surface area contributed by atoms with Crippen LogP contribution >= 0.6 is 11.8 Å². The number of hydrogen-bond donors (Lipinski definition) is 2. The summed E-state index contributed by atoms with van der Waals surface area (Å²) in [7, 11) is 0. The molecule has 0 saturated carbocycles. The number of β-lactam (4-membered cyclic amide) rings is 1. The minimum Gasteiger partial charge on any atom is -0.426 e. The highest BCUT2D eigenvalue weighted by Gasteiger charge is 2.63. The molecule has 3 aliphatic rings. The fourth-order valence-electron chi connectivity index (χ4n) is 5.54. The van der Waals surface area contributed by atoms with Crippen LogP contribution in [0.1, 0.15) is 54.7 Å². The van der Waals surface area contributed by atoms with Crippen molar-refractivity contribution in [3.8, 4) is 5.75 Å². The first-order valence-corrected chi connectivity index (χ1v) is 13.1. The maximum Gasteiger partial charge on any atom is 0.328 e. The molecule has 0 radical (unpaired) electrons. The van der Waals surface area contributed by atoms with Crippen LogP contribution in [0.25, 0.3) is 0 Å². The van der Waals surface area contributed by atoms with Crippen molar-refractivity contribution in [1.82, 2.24) is 30.8 Å². The highest BCUT2D eigenvalue weighted by atomic mass is 32.2. The lowest BCUT2D eigenvalue weighted by Crippen LogP contribution is -2.68. The van der Waals surface area contributed by atoms with Crippen molar-refractivity contribution in [3.05, 3.63) is 71.0 Å².